The third-order valence-corrected chi connectivity index (χ3v) is 4.04. The number of aryl methyl sites for hydroxylation is 1. The standard InChI is InChI=1S/C20H22O3/c1-2-3-5-15-6-8-16(9-7-15)20(21)17-10-11-18-19(14-17)23-13-4-12-22-18/h6-11,14H,2-5,12-13H2,1H3. The first kappa shape index (κ1) is 15.6. The molecule has 0 saturated carbocycles. The summed E-state index contributed by atoms with van der Waals surface area (Å²) in [7, 11) is 0. The van der Waals surface area contributed by atoms with Crippen LogP contribution in [0.5, 0.6) is 11.5 Å². The Labute approximate surface area is 137 Å². The van der Waals surface area contributed by atoms with E-state index in [9.17, 15) is 4.79 Å². The molecule has 0 saturated heterocycles. The SMILES string of the molecule is CCCCc1ccc(C(=O)c2ccc3c(c2)OCCCO3)cc1. The van der Waals surface area contributed by atoms with Crippen molar-refractivity contribution in [2.75, 3.05) is 13.2 Å². The summed E-state index contributed by atoms with van der Waals surface area (Å²) >= 11 is 0. The van der Waals surface area contributed by atoms with Crippen LogP contribution in [0.1, 0.15) is 47.7 Å². The Morgan fingerprint density at radius 3 is 2.39 bits per heavy atom. The van der Waals surface area contributed by atoms with Crippen molar-refractivity contribution in [2.45, 2.75) is 32.6 Å². The van der Waals surface area contributed by atoms with Gasteiger partial charge in [0, 0.05) is 17.5 Å². The van der Waals surface area contributed by atoms with Crippen molar-refractivity contribution in [2.24, 2.45) is 0 Å². The molecule has 3 nitrogen and oxygen atoms in total. The van der Waals surface area contributed by atoms with Crippen LogP contribution in [0.4, 0.5) is 0 Å². The molecular weight excluding hydrogens is 288 g/mol. The Kier molecular flexibility index (Phi) is 4.96. The maximum Gasteiger partial charge on any atom is 0.193 e. The number of ketones is 1. The monoisotopic (exact) mass is 310 g/mol. The summed E-state index contributed by atoms with van der Waals surface area (Å²) in [6.07, 6.45) is 4.28. The molecule has 0 unspecified atom stereocenters. The molecule has 0 N–H and O–H groups in total. The quantitative estimate of drug-likeness (QED) is 0.767. The minimum Gasteiger partial charge on any atom is -0.490 e. The van der Waals surface area contributed by atoms with Gasteiger partial charge in [-0.05, 0) is 36.6 Å². The highest BCUT2D eigenvalue weighted by Gasteiger charge is 2.15. The molecule has 0 atom stereocenters. The zero-order chi connectivity index (χ0) is 16.1. The van der Waals surface area contributed by atoms with Crippen LogP contribution in [-0.4, -0.2) is 19.0 Å². The van der Waals surface area contributed by atoms with Gasteiger partial charge in [0.1, 0.15) is 0 Å². The highest BCUT2D eigenvalue weighted by Crippen LogP contribution is 2.31. The number of hydrogen-bond donors (Lipinski definition) is 0. The van der Waals surface area contributed by atoms with Crippen LogP contribution in [0, 0.1) is 0 Å². The average Bonchev–Trinajstić information content (AvgIpc) is 2.84. The van der Waals surface area contributed by atoms with Gasteiger partial charge in [-0.25, -0.2) is 0 Å². The number of carbonyl (C=O) groups excluding carboxylic acids is 1. The van der Waals surface area contributed by atoms with Gasteiger partial charge in [0.05, 0.1) is 13.2 Å². The largest absolute Gasteiger partial charge is 0.490 e. The van der Waals surface area contributed by atoms with E-state index in [1.807, 2.05) is 30.3 Å². The molecule has 0 fully saturated rings. The lowest BCUT2D eigenvalue weighted by molar-refractivity contribution is 0.103. The van der Waals surface area contributed by atoms with E-state index in [4.69, 9.17) is 9.47 Å². The van der Waals surface area contributed by atoms with Gasteiger partial charge in [-0.3, -0.25) is 4.79 Å². The molecule has 0 bridgehead atoms. The van der Waals surface area contributed by atoms with Crippen LogP contribution >= 0.6 is 0 Å². The molecule has 1 aliphatic rings. The number of unbranched alkanes of at least 4 members (excludes halogenated alkanes) is 1. The van der Waals surface area contributed by atoms with E-state index < -0.39 is 0 Å². The second-order valence-electron chi connectivity index (χ2n) is 5.84. The smallest absolute Gasteiger partial charge is 0.193 e. The molecule has 1 heterocycles. The molecular formula is C20H22O3. The molecule has 3 heteroatoms. The number of rotatable bonds is 5. The Balaban J connectivity index is 1.78. The summed E-state index contributed by atoms with van der Waals surface area (Å²) in [5.74, 6) is 1.39. The molecule has 120 valence electrons. The molecule has 0 radical (unpaired) electrons. The zero-order valence-electron chi connectivity index (χ0n) is 13.5. The van der Waals surface area contributed by atoms with Crippen LogP contribution in [0.2, 0.25) is 0 Å². The fraction of sp³-hybridized carbons (Fsp3) is 0.350. The molecule has 0 amide bonds. The van der Waals surface area contributed by atoms with E-state index in [1.165, 1.54) is 18.4 Å². The molecule has 2 aromatic rings. The number of hydrogen-bond acceptors (Lipinski definition) is 3. The number of ether oxygens (including phenoxy) is 2. The summed E-state index contributed by atoms with van der Waals surface area (Å²) in [6, 6.07) is 13.3. The molecule has 3 rings (SSSR count). The lowest BCUT2D eigenvalue weighted by Gasteiger charge is -2.09. The fourth-order valence-electron chi connectivity index (χ4n) is 2.67. The van der Waals surface area contributed by atoms with Crippen molar-refractivity contribution in [1.82, 2.24) is 0 Å². The summed E-state index contributed by atoms with van der Waals surface area (Å²) in [4.78, 5) is 12.6. The fourth-order valence-corrected chi connectivity index (χ4v) is 2.67. The molecule has 2 aromatic carbocycles. The topological polar surface area (TPSA) is 35.5 Å². The summed E-state index contributed by atoms with van der Waals surface area (Å²) < 4.78 is 11.3. The Bertz CT molecular complexity index is 674. The maximum atomic E-state index is 12.6. The summed E-state index contributed by atoms with van der Waals surface area (Å²) in [6.45, 7) is 3.46. The van der Waals surface area contributed by atoms with Gasteiger partial charge in [0.25, 0.3) is 0 Å². The normalized spacial score (nSPS) is 13.4. The first-order valence-electron chi connectivity index (χ1n) is 8.31. The van der Waals surface area contributed by atoms with Gasteiger partial charge in [-0.2, -0.15) is 0 Å². The predicted octanol–water partition coefficient (Wildman–Crippen LogP) is 4.42. The summed E-state index contributed by atoms with van der Waals surface area (Å²) in [5, 5.41) is 0. The van der Waals surface area contributed by atoms with Crippen molar-refractivity contribution in [3.8, 4) is 11.5 Å². The van der Waals surface area contributed by atoms with E-state index in [-0.39, 0.29) is 5.78 Å². The lowest BCUT2D eigenvalue weighted by Crippen LogP contribution is -2.02. The first-order valence-corrected chi connectivity index (χ1v) is 8.31. The molecule has 23 heavy (non-hydrogen) atoms. The van der Waals surface area contributed by atoms with Crippen molar-refractivity contribution in [3.05, 3.63) is 59.2 Å². The van der Waals surface area contributed by atoms with Crippen LogP contribution in [-0.2, 0) is 6.42 Å². The highest BCUT2D eigenvalue weighted by atomic mass is 16.5. The molecule has 0 aliphatic carbocycles. The average molecular weight is 310 g/mol. The van der Waals surface area contributed by atoms with E-state index in [1.54, 1.807) is 12.1 Å². The third-order valence-electron chi connectivity index (χ3n) is 4.04. The Morgan fingerprint density at radius 1 is 0.957 bits per heavy atom. The van der Waals surface area contributed by atoms with E-state index in [2.05, 4.69) is 6.92 Å². The van der Waals surface area contributed by atoms with Gasteiger partial charge in [-0.15, -0.1) is 0 Å². The highest BCUT2D eigenvalue weighted by molar-refractivity contribution is 6.09. The van der Waals surface area contributed by atoms with Crippen molar-refractivity contribution < 1.29 is 14.3 Å². The molecule has 0 spiro atoms. The van der Waals surface area contributed by atoms with Crippen molar-refractivity contribution in [1.29, 1.82) is 0 Å². The van der Waals surface area contributed by atoms with Crippen LogP contribution in [0.3, 0.4) is 0 Å². The Hall–Kier alpha value is -2.29. The van der Waals surface area contributed by atoms with Crippen molar-refractivity contribution in [3.63, 3.8) is 0 Å². The third kappa shape index (κ3) is 3.73. The number of carbonyl (C=O) groups is 1. The number of benzene rings is 2. The molecule has 1 aliphatic heterocycles. The lowest BCUT2D eigenvalue weighted by atomic mass is 10.00. The summed E-state index contributed by atoms with van der Waals surface area (Å²) in [5.41, 5.74) is 2.62. The molecule has 0 aromatic heterocycles. The van der Waals surface area contributed by atoms with Gasteiger partial charge in [0.15, 0.2) is 17.3 Å². The van der Waals surface area contributed by atoms with Crippen LogP contribution in [0.25, 0.3) is 0 Å². The van der Waals surface area contributed by atoms with E-state index >= 15 is 0 Å². The van der Waals surface area contributed by atoms with Crippen LogP contribution < -0.4 is 9.47 Å². The van der Waals surface area contributed by atoms with Crippen molar-refractivity contribution >= 4 is 5.78 Å². The van der Waals surface area contributed by atoms with E-state index in [0.29, 0.717) is 35.8 Å². The van der Waals surface area contributed by atoms with Gasteiger partial charge >= 0.3 is 0 Å². The predicted molar refractivity (Wildman–Crippen MR) is 90.5 cm³/mol. The second kappa shape index (κ2) is 7.32. The van der Waals surface area contributed by atoms with Gasteiger partial charge < -0.3 is 9.47 Å². The van der Waals surface area contributed by atoms with Gasteiger partial charge in [-0.1, -0.05) is 37.6 Å². The Morgan fingerprint density at radius 2 is 1.65 bits per heavy atom. The second-order valence-corrected chi connectivity index (χ2v) is 5.84. The zero-order valence-corrected chi connectivity index (χ0v) is 13.5. The van der Waals surface area contributed by atoms with E-state index in [0.717, 1.165) is 12.8 Å². The minimum atomic E-state index is 0.0164. The van der Waals surface area contributed by atoms with Crippen LogP contribution in [0.15, 0.2) is 42.5 Å². The number of fused-ring (bicyclic) bond motifs is 1. The maximum absolute atomic E-state index is 12.6. The first-order chi connectivity index (χ1) is 11.3. The minimum absolute atomic E-state index is 0.0164. The van der Waals surface area contributed by atoms with Gasteiger partial charge in [0.2, 0.25) is 0 Å².